The zero-order valence-electron chi connectivity index (χ0n) is 10.7. The molecule has 96 valence electrons. The maximum Gasteiger partial charge on any atom is 0.144 e. The molecule has 1 aromatic rings. The Balaban J connectivity index is 3.04. The van der Waals surface area contributed by atoms with Crippen molar-refractivity contribution in [2.45, 2.75) is 26.8 Å². The van der Waals surface area contributed by atoms with Crippen LogP contribution in [0.4, 0.5) is 5.69 Å². The van der Waals surface area contributed by atoms with Gasteiger partial charge >= 0.3 is 0 Å². The molecule has 1 atom stereocenters. The van der Waals surface area contributed by atoms with Crippen molar-refractivity contribution in [3.63, 3.8) is 0 Å². The molecule has 1 unspecified atom stereocenters. The van der Waals surface area contributed by atoms with Gasteiger partial charge in [0.25, 0.3) is 0 Å². The summed E-state index contributed by atoms with van der Waals surface area (Å²) in [5.41, 5.74) is 1.80. The van der Waals surface area contributed by atoms with Gasteiger partial charge in [-0.25, -0.2) is 0 Å². The number of aliphatic hydroxyl groups is 1. The molecule has 0 amide bonds. The third kappa shape index (κ3) is 3.51. The summed E-state index contributed by atoms with van der Waals surface area (Å²) in [6.45, 7) is 6.13. The minimum absolute atomic E-state index is 0.0123. The maximum absolute atomic E-state index is 9.32. The van der Waals surface area contributed by atoms with Crippen LogP contribution >= 0.6 is 11.6 Å². The van der Waals surface area contributed by atoms with Gasteiger partial charge in [-0.05, 0) is 30.5 Å². The zero-order chi connectivity index (χ0) is 13.0. The smallest absolute Gasteiger partial charge is 0.144 e. The topological polar surface area (TPSA) is 41.5 Å². The van der Waals surface area contributed by atoms with Gasteiger partial charge < -0.3 is 15.2 Å². The molecule has 17 heavy (non-hydrogen) atoms. The van der Waals surface area contributed by atoms with Crippen molar-refractivity contribution in [2.24, 2.45) is 5.92 Å². The summed E-state index contributed by atoms with van der Waals surface area (Å²) >= 11 is 6.03. The molecule has 0 radical (unpaired) electrons. The van der Waals surface area contributed by atoms with Crippen molar-refractivity contribution in [1.29, 1.82) is 0 Å². The van der Waals surface area contributed by atoms with Crippen LogP contribution in [0.2, 0.25) is 5.02 Å². The number of hydrogen-bond acceptors (Lipinski definition) is 3. The van der Waals surface area contributed by atoms with Gasteiger partial charge in [-0.2, -0.15) is 0 Å². The lowest BCUT2D eigenvalue weighted by molar-refractivity contribution is 0.249. The predicted octanol–water partition coefficient (Wildman–Crippen LogP) is 3.09. The Kier molecular flexibility index (Phi) is 5.09. The zero-order valence-corrected chi connectivity index (χ0v) is 11.5. The summed E-state index contributed by atoms with van der Waals surface area (Å²) in [7, 11) is 1.63. The molecule has 0 spiro atoms. The number of aliphatic hydroxyl groups excluding tert-OH is 1. The fourth-order valence-electron chi connectivity index (χ4n) is 1.73. The molecule has 1 rings (SSSR count). The average molecular weight is 258 g/mol. The average Bonchev–Trinajstić information content (AvgIpc) is 2.24. The molecule has 1 aromatic carbocycles. The lowest BCUT2D eigenvalue weighted by Gasteiger charge is -2.23. The maximum atomic E-state index is 9.32. The number of anilines is 1. The molecule has 0 aliphatic rings. The van der Waals surface area contributed by atoms with E-state index >= 15 is 0 Å². The molecule has 0 fully saturated rings. The van der Waals surface area contributed by atoms with Gasteiger partial charge in [0.2, 0.25) is 0 Å². The molecule has 0 bridgehead atoms. The molecule has 4 heteroatoms. The minimum Gasteiger partial charge on any atom is -0.494 e. The number of aryl methyl sites for hydroxylation is 1. The normalized spacial score (nSPS) is 12.6. The lowest BCUT2D eigenvalue weighted by atomic mass is 10.0. The van der Waals surface area contributed by atoms with Gasteiger partial charge in [0.05, 0.1) is 25.4 Å². The number of benzene rings is 1. The van der Waals surface area contributed by atoms with Gasteiger partial charge in [0.15, 0.2) is 0 Å². The van der Waals surface area contributed by atoms with E-state index in [-0.39, 0.29) is 12.6 Å². The highest BCUT2D eigenvalue weighted by molar-refractivity contribution is 6.31. The van der Waals surface area contributed by atoms with Gasteiger partial charge in [-0.3, -0.25) is 0 Å². The van der Waals surface area contributed by atoms with Crippen molar-refractivity contribution in [2.75, 3.05) is 19.0 Å². The van der Waals surface area contributed by atoms with Crippen molar-refractivity contribution in [1.82, 2.24) is 0 Å². The Morgan fingerprint density at radius 1 is 1.41 bits per heavy atom. The second-order valence-electron chi connectivity index (χ2n) is 4.48. The lowest BCUT2D eigenvalue weighted by Crippen LogP contribution is -2.29. The first-order valence-electron chi connectivity index (χ1n) is 5.71. The minimum atomic E-state index is -0.0123. The van der Waals surface area contributed by atoms with E-state index in [4.69, 9.17) is 16.3 Å². The van der Waals surface area contributed by atoms with E-state index in [0.29, 0.717) is 10.9 Å². The third-order valence-corrected chi connectivity index (χ3v) is 3.00. The highest BCUT2D eigenvalue weighted by atomic mass is 35.5. The van der Waals surface area contributed by atoms with E-state index in [2.05, 4.69) is 19.2 Å². The number of halogens is 1. The van der Waals surface area contributed by atoms with Crippen molar-refractivity contribution in [3.05, 3.63) is 22.7 Å². The van der Waals surface area contributed by atoms with Crippen LogP contribution in [-0.4, -0.2) is 24.9 Å². The van der Waals surface area contributed by atoms with Crippen LogP contribution in [0.5, 0.6) is 5.75 Å². The molecule has 2 N–H and O–H groups in total. The fraction of sp³-hybridized carbons (Fsp3) is 0.538. The molecular weight excluding hydrogens is 238 g/mol. The first kappa shape index (κ1) is 14.1. The van der Waals surface area contributed by atoms with E-state index in [1.54, 1.807) is 7.11 Å². The second-order valence-corrected chi connectivity index (χ2v) is 4.92. The fourth-order valence-corrected chi connectivity index (χ4v) is 2.00. The Morgan fingerprint density at radius 3 is 2.53 bits per heavy atom. The van der Waals surface area contributed by atoms with Crippen LogP contribution in [-0.2, 0) is 0 Å². The van der Waals surface area contributed by atoms with E-state index in [1.807, 2.05) is 19.1 Å². The van der Waals surface area contributed by atoms with Crippen LogP contribution in [0, 0.1) is 12.8 Å². The number of methoxy groups -OCH3 is 1. The van der Waals surface area contributed by atoms with Crippen molar-refractivity contribution < 1.29 is 9.84 Å². The Bertz CT molecular complexity index is 380. The highest BCUT2D eigenvalue weighted by Gasteiger charge is 2.15. The largest absolute Gasteiger partial charge is 0.494 e. The molecule has 0 aliphatic heterocycles. The number of hydrogen-bond donors (Lipinski definition) is 2. The Labute approximate surface area is 108 Å². The van der Waals surface area contributed by atoms with E-state index in [9.17, 15) is 5.11 Å². The number of nitrogens with one attached hydrogen (secondary N) is 1. The standard InChI is InChI=1S/C13H20ClNO2/c1-8(2)12(7-16)15-11-6-10(14)5-9(3)13(11)17-4/h5-6,8,12,15-16H,7H2,1-4H3. The summed E-state index contributed by atoms with van der Waals surface area (Å²) in [4.78, 5) is 0. The monoisotopic (exact) mass is 257 g/mol. The SMILES string of the molecule is COc1c(C)cc(Cl)cc1NC(CO)C(C)C. The molecule has 3 nitrogen and oxygen atoms in total. The molecule has 0 aliphatic carbocycles. The summed E-state index contributed by atoms with van der Waals surface area (Å²) in [5.74, 6) is 1.09. The summed E-state index contributed by atoms with van der Waals surface area (Å²) in [6.07, 6.45) is 0. The highest BCUT2D eigenvalue weighted by Crippen LogP contribution is 2.32. The van der Waals surface area contributed by atoms with Gasteiger partial charge in [0.1, 0.15) is 5.75 Å². The summed E-state index contributed by atoms with van der Waals surface area (Å²) in [5, 5.41) is 13.3. The van der Waals surface area contributed by atoms with Crippen molar-refractivity contribution >= 4 is 17.3 Å². The van der Waals surface area contributed by atoms with Gasteiger partial charge in [0, 0.05) is 5.02 Å². The molecular formula is C13H20ClNO2. The summed E-state index contributed by atoms with van der Waals surface area (Å²) in [6, 6.07) is 3.66. The van der Waals surface area contributed by atoms with Crippen LogP contribution < -0.4 is 10.1 Å². The molecule has 0 heterocycles. The quantitative estimate of drug-likeness (QED) is 0.852. The van der Waals surface area contributed by atoms with E-state index < -0.39 is 0 Å². The number of rotatable bonds is 5. The van der Waals surface area contributed by atoms with Crippen LogP contribution in [0.15, 0.2) is 12.1 Å². The van der Waals surface area contributed by atoms with Crippen LogP contribution in [0.1, 0.15) is 19.4 Å². The second kappa shape index (κ2) is 6.12. The first-order chi connectivity index (χ1) is 7.99. The predicted molar refractivity (Wildman–Crippen MR) is 72.1 cm³/mol. The van der Waals surface area contributed by atoms with Crippen LogP contribution in [0.3, 0.4) is 0 Å². The molecule has 0 saturated heterocycles. The van der Waals surface area contributed by atoms with E-state index in [0.717, 1.165) is 17.0 Å². The summed E-state index contributed by atoms with van der Waals surface area (Å²) < 4.78 is 5.35. The molecule has 0 saturated carbocycles. The van der Waals surface area contributed by atoms with Crippen molar-refractivity contribution in [3.8, 4) is 5.75 Å². The Hall–Kier alpha value is -0.930. The number of ether oxygens (including phenoxy) is 1. The first-order valence-corrected chi connectivity index (χ1v) is 6.09. The van der Waals surface area contributed by atoms with Crippen LogP contribution in [0.25, 0.3) is 0 Å². The van der Waals surface area contributed by atoms with E-state index in [1.165, 1.54) is 0 Å². The molecule has 0 aromatic heterocycles. The third-order valence-electron chi connectivity index (χ3n) is 2.79. The van der Waals surface area contributed by atoms with Gasteiger partial charge in [-0.1, -0.05) is 25.4 Å². The Morgan fingerprint density at radius 2 is 2.06 bits per heavy atom. The van der Waals surface area contributed by atoms with Gasteiger partial charge in [-0.15, -0.1) is 0 Å².